The molecule has 8 heteroatoms. The molecule has 0 saturated heterocycles. The van der Waals surface area contributed by atoms with Gasteiger partial charge >= 0.3 is 6.03 Å². The van der Waals surface area contributed by atoms with E-state index in [0.29, 0.717) is 29.3 Å². The van der Waals surface area contributed by atoms with Gasteiger partial charge in [0.15, 0.2) is 0 Å². The first-order valence-corrected chi connectivity index (χ1v) is 9.52. The number of carbonyl (C=O) groups excluding carboxylic acids is 2. The van der Waals surface area contributed by atoms with Gasteiger partial charge in [0.1, 0.15) is 11.5 Å². The Labute approximate surface area is 173 Å². The van der Waals surface area contributed by atoms with Gasteiger partial charge in [-0.15, -0.1) is 0 Å². The summed E-state index contributed by atoms with van der Waals surface area (Å²) in [5.41, 5.74) is 2.77. The second-order valence-electron chi connectivity index (χ2n) is 8.03. The quantitative estimate of drug-likeness (QED) is 0.585. The Morgan fingerprint density at radius 1 is 1.07 bits per heavy atom. The lowest BCUT2D eigenvalue weighted by Gasteiger charge is -2.12. The SMILES string of the molecule is CC(C)(C)c1cc(NC(=O)Nc2ccc(Oc3ccc4c(c3)CNC4=O)cc2)on1. The van der Waals surface area contributed by atoms with Crippen LogP contribution in [0.2, 0.25) is 0 Å². The van der Waals surface area contributed by atoms with E-state index in [4.69, 9.17) is 9.26 Å². The van der Waals surface area contributed by atoms with E-state index in [1.165, 1.54) is 0 Å². The van der Waals surface area contributed by atoms with Crippen molar-refractivity contribution in [1.82, 2.24) is 10.5 Å². The summed E-state index contributed by atoms with van der Waals surface area (Å²) in [4.78, 5) is 23.8. The maximum atomic E-state index is 12.2. The standard InChI is InChI=1S/C22H22N4O4/c1-22(2,3)18-11-19(30-26-18)25-21(28)24-14-4-6-15(7-5-14)29-16-8-9-17-13(10-16)12-23-20(17)27/h4-11H,12H2,1-3H3,(H,23,27)(H2,24,25,28). The molecule has 1 aliphatic heterocycles. The van der Waals surface area contributed by atoms with E-state index in [-0.39, 0.29) is 17.2 Å². The van der Waals surface area contributed by atoms with Crippen molar-refractivity contribution >= 4 is 23.5 Å². The van der Waals surface area contributed by atoms with Gasteiger partial charge < -0.3 is 19.9 Å². The van der Waals surface area contributed by atoms with Crippen molar-refractivity contribution in [1.29, 1.82) is 0 Å². The van der Waals surface area contributed by atoms with Gasteiger partial charge in [0.05, 0.1) is 5.69 Å². The van der Waals surface area contributed by atoms with Gasteiger partial charge in [-0.25, -0.2) is 4.79 Å². The van der Waals surface area contributed by atoms with Crippen LogP contribution in [-0.4, -0.2) is 17.1 Å². The Morgan fingerprint density at radius 3 is 2.50 bits per heavy atom. The predicted octanol–water partition coefficient (Wildman–Crippen LogP) is 4.65. The van der Waals surface area contributed by atoms with Crippen LogP contribution in [0.5, 0.6) is 11.5 Å². The molecule has 0 aliphatic carbocycles. The fourth-order valence-corrected chi connectivity index (χ4v) is 2.98. The number of hydrogen-bond donors (Lipinski definition) is 3. The van der Waals surface area contributed by atoms with Gasteiger partial charge in [-0.05, 0) is 48.0 Å². The summed E-state index contributed by atoms with van der Waals surface area (Å²) in [6.45, 7) is 6.54. The highest BCUT2D eigenvalue weighted by molar-refractivity contribution is 5.99. The fourth-order valence-electron chi connectivity index (χ4n) is 2.98. The molecule has 0 radical (unpaired) electrons. The molecule has 3 amide bonds. The minimum Gasteiger partial charge on any atom is -0.457 e. The summed E-state index contributed by atoms with van der Waals surface area (Å²) in [5.74, 6) is 1.47. The molecule has 30 heavy (non-hydrogen) atoms. The lowest BCUT2D eigenvalue weighted by atomic mass is 9.92. The van der Waals surface area contributed by atoms with Crippen molar-refractivity contribution < 1.29 is 18.8 Å². The van der Waals surface area contributed by atoms with Crippen molar-refractivity contribution in [2.45, 2.75) is 32.7 Å². The predicted molar refractivity (Wildman–Crippen MR) is 112 cm³/mol. The number of amides is 3. The molecule has 0 saturated carbocycles. The number of benzene rings is 2. The fraction of sp³-hybridized carbons (Fsp3) is 0.227. The molecule has 0 fully saturated rings. The van der Waals surface area contributed by atoms with Gasteiger partial charge in [0, 0.05) is 29.3 Å². The maximum Gasteiger partial charge on any atom is 0.326 e. The van der Waals surface area contributed by atoms with E-state index in [1.807, 2.05) is 26.8 Å². The second-order valence-corrected chi connectivity index (χ2v) is 8.03. The molecule has 3 N–H and O–H groups in total. The van der Waals surface area contributed by atoms with Gasteiger partial charge in [-0.1, -0.05) is 25.9 Å². The van der Waals surface area contributed by atoms with Crippen molar-refractivity contribution in [2.24, 2.45) is 0 Å². The molecule has 0 bridgehead atoms. The average molecular weight is 406 g/mol. The number of nitrogens with zero attached hydrogens (tertiary/aromatic N) is 1. The van der Waals surface area contributed by atoms with Crippen LogP contribution in [0.3, 0.4) is 0 Å². The molecule has 2 aromatic carbocycles. The summed E-state index contributed by atoms with van der Waals surface area (Å²) in [5, 5.41) is 12.1. The van der Waals surface area contributed by atoms with Crippen molar-refractivity contribution in [2.75, 3.05) is 10.6 Å². The van der Waals surface area contributed by atoms with Gasteiger partial charge in [-0.2, -0.15) is 0 Å². The molecule has 1 aliphatic rings. The van der Waals surface area contributed by atoms with Gasteiger partial charge in [-0.3, -0.25) is 10.1 Å². The number of urea groups is 1. The Hall–Kier alpha value is -3.81. The number of aromatic nitrogens is 1. The first kappa shape index (κ1) is 19.5. The smallest absolute Gasteiger partial charge is 0.326 e. The third-order valence-corrected chi connectivity index (χ3v) is 4.62. The van der Waals surface area contributed by atoms with Crippen LogP contribution in [-0.2, 0) is 12.0 Å². The zero-order valence-corrected chi connectivity index (χ0v) is 16.9. The Bertz CT molecular complexity index is 1100. The highest BCUT2D eigenvalue weighted by Gasteiger charge is 2.20. The van der Waals surface area contributed by atoms with Crippen LogP contribution < -0.4 is 20.7 Å². The summed E-state index contributed by atoms with van der Waals surface area (Å²) in [6, 6.07) is 13.6. The zero-order chi connectivity index (χ0) is 21.3. The van der Waals surface area contributed by atoms with E-state index in [0.717, 1.165) is 11.3 Å². The topological polar surface area (TPSA) is 105 Å². The van der Waals surface area contributed by atoms with Crippen LogP contribution in [0, 0.1) is 0 Å². The number of hydrogen-bond acceptors (Lipinski definition) is 5. The van der Waals surface area contributed by atoms with Crippen LogP contribution in [0.1, 0.15) is 42.4 Å². The largest absolute Gasteiger partial charge is 0.457 e. The van der Waals surface area contributed by atoms with Crippen LogP contribution >= 0.6 is 0 Å². The average Bonchev–Trinajstić information content (AvgIpc) is 3.30. The summed E-state index contributed by atoms with van der Waals surface area (Å²) in [6.07, 6.45) is 0. The molecule has 4 rings (SSSR count). The van der Waals surface area contributed by atoms with Gasteiger partial charge in [0.2, 0.25) is 5.88 Å². The molecule has 154 valence electrons. The molecule has 8 nitrogen and oxygen atoms in total. The lowest BCUT2D eigenvalue weighted by Crippen LogP contribution is -2.19. The van der Waals surface area contributed by atoms with Crippen molar-refractivity contribution in [3.05, 3.63) is 65.4 Å². The monoisotopic (exact) mass is 406 g/mol. The number of rotatable bonds is 4. The van der Waals surface area contributed by atoms with Crippen molar-refractivity contribution in [3.8, 4) is 11.5 Å². The van der Waals surface area contributed by atoms with Crippen molar-refractivity contribution in [3.63, 3.8) is 0 Å². The van der Waals surface area contributed by atoms with Gasteiger partial charge in [0.25, 0.3) is 5.91 Å². The number of fused-ring (bicyclic) bond motifs is 1. The first-order chi connectivity index (χ1) is 14.3. The second kappa shape index (κ2) is 7.55. The van der Waals surface area contributed by atoms with E-state index < -0.39 is 6.03 Å². The normalized spacial score (nSPS) is 12.8. The molecule has 0 unspecified atom stereocenters. The van der Waals surface area contributed by atoms with Crippen LogP contribution in [0.25, 0.3) is 0 Å². The molecule has 0 spiro atoms. The highest BCUT2D eigenvalue weighted by atomic mass is 16.5. The number of nitrogens with one attached hydrogen (secondary N) is 3. The minimum absolute atomic E-state index is 0.0646. The molecule has 1 aromatic heterocycles. The molecule has 2 heterocycles. The molecular formula is C22H22N4O4. The summed E-state index contributed by atoms with van der Waals surface area (Å²) < 4.78 is 11.0. The first-order valence-electron chi connectivity index (χ1n) is 9.52. The number of ether oxygens (including phenoxy) is 1. The summed E-state index contributed by atoms with van der Waals surface area (Å²) >= 11 is 0. The molecule has 3 aromatic rings. The van der Waals surface area contributed by atoms with Crippen LogP contribution in [0.4, 0.5) is 16.4 Å². The Balaban J connectivity index is 1.35. The van der Waals surface area contributed by atoms with E-state index in [2.05, 4.69) is 21.1 Å². The zero-order valence-electron chi connectivity index (χ0n) is 16.9. The number of anilines is 2. The third-order valence-electron chi connectivity index (χ3n) is 4.62. The van der Waals surface area contributed by atoms with E-state index in [9.17, 15) is 9.59 Å². The summed E-state index contributed by atoms with van der Waals surface area (Å²) in [7, 11) is 0. The third kappa shape index (κ3) is 4.27. The van der Waals surface area contributed by atoms with E-state index in [1.54, 1.807) is 42.5 Å². The van der Waals surface area contributed by atoms with Crippen LogP contribution in [0.15, 0.2) is 53.1 Å². The molecule has 0 atom stereocenters. The number of carbonyl (C=O) groups is 2. The minimum atomic E-state index is -0.434. The Kier molecular flexibility index (Phi) is 4.91. The lowest BCUT2D eigenvalue weighted by molar-refractivity contribution is 0.0965. The highest BCUT2D eigenvalue weighted by Crippen LogP contribution is 2.27. The van der Waals surface area contributed by atoms with E-state index >= 15 is 0 Å². The Morgan fingerprint density at radius 2 is 1.80 bits per heavy atom. The molecular weight excluding hydrogens is 384 g/mol. The maximum absolute atomic E-state index is 12.2.